The fourth-order valence-electron chi connectivity index (χ4n) is 2.47. The van der Waals surface area contributed by atoms with E-state index in [1.54, 1.807) is 12.1 Å². The number of amides is 2. The number of aryl methyl sites for hydroxylation is 3. The van der Waals surface area contributed by atoms with Crippen molar-refractivity contribution < 1.29 is 14.3 Å². The largest absolute Gasteiger partial charge is 0.426 e. The fourth-order valence-corrected chi connectivity index (χ4v) is 2.47. The summed E-state index contributed by atoms with van der Waals surface area (Å²) in [5, 5.41) is 5.32. The smallest absolute Gasteiger partial charge is 0.319 e. The van der Waals surface area contributed by atoms with Crippen LogP contribution < -0.4 is 15.4 Å². The van der Waals surface area contributed by atoms with Crippen molar-refractivity contribution in [3.63, 3.8) is 0 Å². The predicted molar refractivity (Wildman–Crippen MR) is 94.4 cm³/mol. The van der Waals surface area contributed by atoms with Crippen molar-refractivity contribution in [2.45, 2.75) is 27.2 Å². The number of hydrogen-bond acceptors (Lipinski definition) is 3. The Morgan fingerprint density at radius 1 is 1.00 bits per heavy atom. The molecular formula is C19H22N2O3. The van der Waals surface area contributed by atoms with Crippen LogP contribution in [0.2, 0.25) is 0 Å². The normalized spacial score (nSPS) is 10.1. The third kappa shape index (κ3) is 5.12. The Kier molecular flexibility index (Phi) is 5.95. The zero-order valence-corrected chi connectivity index (χ0v) is 14.2. The molecule has 0 aliphatic heterocycles. The highest BCUT2D eigenvalue weighted by Crippen LogP contribution is 2.24. The van der Waals surface area contributed by atoms with E-state index in [0.717, 1.165) is 16.7 Å². The van der Waals surface area contributed by atoms with Crippen LogP contribution in [0, 0.1) is 20.8 Å². The summed E-state index contributed by atoms with van der Waals surface area (Å²) in [5.74, 6) is 0.226. The van der Waals surface area contributed by atoms with Gasteiger partial charge in [0.05, 0.1) is 6.42 Å². The number of benzene rings is 2. The van der Waals surface area contributed by atoms with Crippen molar-refractivity contribution in [3.8, 4) is 5.75 Å². The molecule has 2 aromatic carbocycles. The number of esters is 1. The van der Waals surface area contributed by atoms with Gasteiger partial charge in [-0.05, 0) is 44.0 Å². The topological polar surface area (TPSA) is 67.4 Å². The molecule has 0 heterocycles. The first-order valence-electron chi connectivity index (χ1n) is 7.84. The van der Waals surface area contributed by atoms with Gasteiger partial charge >= 0.3 is 12.0 Å². The van der Waals surface area contributed by atoms with E-state index in [2.05, 4.69) is 10.6 Å². The minimum Gasteiger partial charge on any atom is -0.426 e. The van der Waals surface area contributed by atoms with E-state index in [1.807, 2.05) is 51.1 Å². The molecule has 5 nitrogen and oxygen atoms in total. The van der Waals surface area contributed by atoms with Gasteiger partial charge in [-0.2, -0.15) is 0 Å². The second kappa shape index (κ2) is 8.15. The van der Waals surface area contributed by atoms with Gasteiger partial charge in [0.2, 0.25) is 0 Å². The van der Waals surface area contributed by atoms with Crippen LogP contribution in [0.1, 0.15) is 23.1 Å². The molecule has 24 heavy (non-hydrogen) atoms. The predicted octanol–water partition coefficient (Wildman–Crippen LogP) is 3.73. The van der Waals surface area contributed by atoms with Crippen LogP contribution in [-0.2, 0) is 4.79 Å². The van der Waals surface area contributed by atoms with Crippen LogP contribution in [-0.4, -0.2) is 18.5 Å². The van der Waals surface area contributed by atoms with E-state index in [4.69, 9.17) is 4.74 Å². The Morgan fingerprint density at radius 2 is 1.62 bits per heavy atom. The standard InChI is InChI=1S/C19H22N2O3/c1-13-11-14(2)18(15(3)12-13)24-17(22)9-10-20-19(23)21-16-7-5-4-6-8-16/h4-8,11-12H,9-10H2,1-3H3,(H2,20,21,23). The minimum absolute atomic E-state index is 0.106. The van der Waals surface area contributed by atoms with Gasteiger partial charge < -0.3 is 15.4 Å². The average molecular weight is 326 g/mol. The molecule has 0 spiro atoms. The molecule has 0 atom stereocenters. The van der Waals surface area contributed by atoms with Crippen LogP contribution in [0.15, 0.2) is 42.5 Å². The molecular weight excluding hydrogens is 304 g/mol. The number of rotatable bonds is 5. The summed E-state index contributed by atoms with van der Waals surface area (Å²) in [6, 6.07) is 12.7. The first-order chi connectivity index (χ1) is 11.5. The lowest BCUT2D eigenvalue weighted by atomic mass is 10.1. The van der Waals surface area contributed by atoms with Gasteiger partial charge in [-0.25, -0.2) is 4.79 Å². The summed E-state index contributed by atoms with van der Waals surface area (Å²) >= 11 is 0. The minimum atomic E-state index is -0.370. The van der Waals surface area contributed by atoms with Crippen molar-refractivity contribution in [2.75, 3.05) is 11.9 Å². The van der Waals surface area contributed by atoms with Crippen molar-refractivity contribution in [3.05, 3.63) is 59.2 Å². The highest BCUT2D eigenvalue weighted by molar-refractivity contribution is 5.89. The molecule has 2 N–H and O–H groups in total. The Morgan fingerprint density at radius 3 is 2.25 bits per heavy atom. The Bertz CT molecular complexity index is 704. The summed E-state index contributed by atoms with van der Waals surface area (Å²) in [6.45, 7) is 6.03. The number of para-hydroxylation sites is 1. The monoisotopic (exact) mass is 326 g/mol. The number of ether oxygens (including phenoxy) is 1. The number of urea groups is 1. The first kappa shape index (κ1) is 17.5. The summed E-state index contributed by atoms with van der Waals surface area (Å²) in [6.07, 6.45) is 0.106. The Balaban J connectivity index is 1.78. The van der Waals surface area contributed by atoms with E-state index in [0.29, 0.717) is 11.4 Å². The Labute approximate surface area is 142 Å². The first-order valence-corrected chi connectivity index (χ1v) is 7.84. The van der Waals surface area contributed by atoms with Gasteiger partial charge in [0.1, 0.15) is 5.75 Å². The fraction of sp³-hybridized carbons (Fsp3) is 0.263. The van der Waals surface area contributed by atoms with E-state index in [1.165, 1.54) is 0 Å². The molecule has 2 amide bonds. The Hall–Kier alpha value is -2.82. The zero-order chi connectivity index (χ0) is 17.5. The van der Waals surface area contributed by atoms with Gasteiger partial charge in [0, 0.05) is 12.2 Å². The number of carbonyl (C=O) groups is 2. The highest BCUT2D eigenvalue weighted by atomic mass is 16.5. The molecule has 0 aliphatic rings. The van der Waals surface area contributed by atoms with Crippen molar-refractivity contribution in [1.29, 1.82) is 0 Å². The van der Waals surface area contributed by atoms with Crippen LogP contribution in [0.3, 0.4) is 0 Å². The SMILES string of the molecule is Cc1cc(C)c(OC(=O)CCNC(=O)Nc2ccccc2)c(C)c1. The molecule has 0 saturated carbocycles. The van der Waals surface area contributed by atoms with E-state index in [9.17, 15) is 9.59 Å². The molecule has 0 radical (unpaired) electrons. The lowest BCUT2D eigenvalue weighted by Gasteiger charge is -2.12. The van der Waals surface area contributed by atoms with Crippen molar-refractivity contribution in [2.24, 2.45) is 0 Å². The van der Waals surface area contributed by atoms with E-state index in [-0.39, 0.29) is 25.0 Å². The molecule has 5 heteroatoms. The van der Waals surface area contributed by atoms with Crippen LogP contribution in [0.5, 0.6) is 5.75 Å². The third-order valence-electron chi connectivity index (χ3n) is 3.47. The quantitative estimate of drug-likeness (QED) is 0.650. The van der Waals surface area contributed by atoms with Crippen molar-refractivity contribution >= 4 is 17.7 Å². The number of anilines is 1. The number of nitrogens with one attached hydrogen (secondary N) is 2. The van der Waals surface area contributed by atoms with Crippen LogP contribution in [0.4, 0.5) is 10.5 Å². The second-order valence-electron chi connectivity index (χ2n) is 5.70. The molecule has 0 bridgehead atoms. The maximum absolute atomic E-state index is 11.9. The molecule has 0 saturated heterocycles. The molecule has 0 unspecified atom stereocenters. The number of carbonyl (C=O) groups excluding carboxylic acids is 2. The van der Waals surface area contributed by atoms with Crippen LogP contribution in [0.25, 0.3) is 0 Å². The molecule has 0 fully saturated rings. The third-order valence-corrected chi connectivity index (χ3v) is 3.47. The average Bonchev–Trinajstić information content (AvgIpc) is 2.52. The maximum Gasteiger partial charge on any atom is 0.319 e. The highest BCUT2D eigenvalue weighted by Gasteiger charge is 2.11. The molecule has 0 aliphatic carbocycles. The van der Waals surface area contributed by atoms with Gasteiger partial charge in [0.25, 0.3) is 0 Å². The van der Waals surface area contributed by atoms with Gasteiger partial charge in [0.15, 0.2) is 0 Å². The summed E-state index contributed by atoms with van der Waals surface area (Å²) < 4.78 is 5.42. The molecule has 2 rings (SSSR count). The zero-order valence-electron chi connectivity index (χ0n) is 14.2. The van der Waals surface area contributed by atoms with E-state index < -0.39 is 0 Å². The molecule has 0 aromatic heterocycles. The molecule has 126 valence electrons. The maximum atomic E-state index is 11.9. The number of hydrogen-bond donors (Lipinski definition) is 2. The van der Waals surface area contributed by atoms with Gasteiger partial charge in [-0.15, -0.1) is 0 Å². The lowest BCUT2D eigenvalue weighted by molar-refractivity contribution is -0.134. The summed E-state index contributed by atoms with van der Waals surface area (Å²) in [7, 11) is 0. The van der Waals surface area contributed by atoms with E-state index >= 15 is 0 Å². The van der Waals surface area contributed by atoms with Crippen molar-refractivity contribution in [1.82, 2.24) is 5.32 Å². The second-order valence-corrected chi connectivity index (χ2v) is 5.70. The van der Waals surface area contributed by atoms with Gasteiger partial charge in [-0.3, -0.25) is 4.79 Å². The lowest BCUT2D eigenvalue weighted by Crippen LogP contribution is -2.31. The van der Waals surface area contributed by atoms with Gasteiger partial charge in [-0.1, -0.05) is 35.9 Å². The summed E-state index contributed by atoms with van der Waals surface area (Å²) in [5.41, 5.74) is 3.68. The summed E-state index contributed by atoms with van der Waals surface area (Å²) in [4.78, 5) is 23.7. The van der Waals surface area contributed by atoms with Crippen LogP contribution >= 0.6 is 0 Å². The molecule has 2 aromatic rings.